The number of thiazole rings is 1. The van der Waals surface area contributed by atoms with Crippen LogP contribution in [-0.2, 0) is 0 Å². The van der Waals surface area contributed by atoms with E-state index in [4.69, 9.17) is 5.11 Å². The quantitative estimate of drug-likeness (QED) is 0.803. The number of carbonyl (C=O) groups excluding carboxylic acids is 1. The number of aliphatic hydroxyl groups is 1. The molecule has 0 spiro atoms. The fourth-order valence-electron chi connectivity index (χ4n) is 2.39. The molecule has 0 aliphatic carbocycles. The van der Waals surface area contributed by atoms with Crippen molar-refractivity contribution in [1.29, 1.82) is 0 Å². The van der Waals surface area contributed by atoms with Crippen molar-refractivity contribution < 1.29 is 9.90 Å². The second kappa shape index (κ2) is 8.80. The zero-order chi connectivity index (χ0) is 17.5. The molecule has 1 aromatic heterocycles. The Bertz CT molecular complexity index is 643. The number of benzene rings is 1. The fourth-order valence-corrected chi connectivity index (χ4v) is 3.23. The van der Waals surface area contributed by atoms with Crippen molar-refractivity contribution in [2.45, 2.75) is 39.3 Å². The zero-order valence-corrected chi connectivity index (χ0v) is 15.2. The monoisotopic (exact) mass is 347 g/mol. The molecule has 1 unspecified atom stereocenters. The van der Waals surface area contributed by atoms with Gasteiger partial charge < -0.3 is 15.3 Å². The van der Waals surface area contributed by atoms with Crippen LogP contribution in [0.2, 0.25) is 0 Å². The van der Waals surface area contributed by atoms with Gasteiger partial charge in [-0.3, -0.25) is 0 Å². The average molecular weight is 347 g/mol. The Morgan fingerprint density at radius 1 is 1.29 bits per heavy atom. The molecule has 0 aliphatic heterocycles. The molecular weight excluding hydrogens is 322 g/mol. The molecule has 0 fully saturated rings. The van der Waals surface area contributed by atoms with Crippen molar-refractivity contribution in [2.75, 3.05) is 13.2 Å². The standard InChI is InChI=1S/C18H25N3O2S/c1-13(2)21(10-7-11-22)18(23)19-14(3)17-20-16(12-24-17)15-8-5-4-6-9-15/h4-6,8-9,12-14,22H,7,10-11H2,1-3H3,(H,19,23). The van der Waals surface area contributed by atoms with Gasteiger partial charge >= 0.3 is 6.03 Å². The van der Waals surface area contributed by atoms with Gasteiger partial charge in [0.15, 0.2) is 0 Å². The maximum absolute atomic E-state index is 12.5. The van der Waals surface area contributed by atoms with Crippen LogP contribution in [0, 0.1) is 0 Å². The molecule has 1 aromatic carbocycles. The summed E-state index contributed by atoms with van der Waals surface area (Å²) in [4.78, 5) is 18.8. The molecular formula is C18H25N3O2S. The summed E-state index contributed by atoms with van der Waals surface area (Å²) in [5.41, 5.74) is 2.00. The number of nitrogens with zero attached hydrogens (tertiary/aromatic N) is 2. The first kappa shape index (κ1) is 18.4. The average Bonchev–Trinajstić information content (AvgIpc) is 3.06. The van der Waals surface area contributed by atoms with Crippen LogP contribution in [0.1, 0.15) is 38.2 Å². The SMILES string of the molecule is CC(NC(=O)N(CCCO)C(C)C)c1nc(-c2ccccc2)cs1. The Labute approximate surface area is 147 Å². The lowest BCUT2D eigenvalue weighted by molar-refractivity contribution is 0.171. The highest BCUT2D eigenvalue weighted by Gasteiger charge is 2.20. The van der Waals surface area contributed by atoms with Crippen molar-refractivity contribution >= 4 is 17.4 Å². The minimum absolute atomic E-state index is 0.0823. The predicted octanol–water partition coefficient (Wildman–Crippen LogP) is 3.67. The molecule has 2 N–H and O–H groups in total. The molecule has 2 aromatic rings. The summed E-state index contributed by atoms with van der Waals surface area (Å²) in [7, 11) is 0. The molecule has 1 atom stereocenters. The number of hydrogen-bond donors (Lipinski definition) is 2. The number of hydrogen-bond acceptors (Lipinski definition) is 4. The Hall–Kier alpha value is -1.92. The zero-order valence-electron chi connectivity index (χ0n) is 14.4. The third kappa shape index (κ3) is 4.79. The molecule has 1 heterocycles. The Balaban J connectivity index is 2.02. The van der Waals surface area contributed by atoms with E-state index in [1.165, 1.54) is 0 Å². The second-order valence-electron chi connectivity index (χ2n) is 5.97. The van der Waals surface area contributed by atoms with Gasteiger partial charge in [-0.2, -0.15) is 0 Å². The summed E-state index contributed by atoms with van der Waals surface area (Å²) < 4.78 is 0. The van der Waals surface area contributed by atoms with Crippen LogP contribution in [0.15, 0.2) is 35.7 Å². The van der Waals surface area contributed by atoms with Crippen molar-refractivity contribution in [1.82, 2.24) is 15.2 Å². The van der Waals surface area contributed by atoms with E-state index in [9.17, 15) is 4.79 Å². The number of aliphatic hydroxyl groups excluding tert-OH is 1. The summed E-state index contributed by atoms with van der Waals surface area (Å²) in [5.74, 6) is 0. The van der Waals surface area contributed by atoms with Crippen LogP contribution in [0.4, 0.5) is 4.79 Å². The van der Waals surface area contributed by atoms with Crippen molar-refractivity contribution in [3.8, 4) is 11.3 Å². The maximum atomic E-state index is 12.5. The van der Waals surface area contributed by atoms with Gasteiger partial charge in [0.05, 0.1) is 11.7 Å². The van der Waals surface area contributed by atoms with E-state index in [2.05, 4.69) is 10.3 Å². The second-order valence-corrected chi connectivity index (χ2v) is 6.86. The van der Waals surface area contributed by atoms with Crippen molar-refractivity contribution in [3.05, 3.63) is 40.7 Å². The summed E-state index contributed by atoms with van der Waals surface area (Å²) in [6.45, 7) is 6.51. The molecule has 0 aliphatic rings. The number of urea groups is 1. The van der Waals surface area contributed by atoms with Crippen LogP contribution in [-0.4, -0.2) is 40.2 Å². The highest BCUT2D eigenvalue weighted by Crippen LogP contribution is 2.25. The van der Waals surface area contributed by atoms with Gasteiger partial charge in [0.25, 0.3) is 0 Å². The number of rotatable bonds is 7. The maximum Gasteiger partial charge on any atom is 0.318 e. The predicted molar refractivity (Wildman–Crippen MR) is 98.0 cm³/mol. The summed E-state index contributed by atoms with van der Waals surface area (Å²) >= 11 is 1.55. The van der Waals surface area contributed by atoms with E-state index in [1.54, 1.807) is 16.2 Å². The van der Waals surface area contributed by atoms with Gasteiger partial charge in [-0.1, -0.05) is 30.3 Å². The van der Waals surface area contributed by atoms with E-state index in [-0.39, 0.29) is 24.7 Å². The Morgan fingerprint density at radius 2 is 2.00 bits per heavy atom. The van der Waals surface area contributed by atoms with Gasteiger partial charge in [-0.25, -0.2) is 9.78 Å². The number of nitrogens with one attached hydrogen (secondary N) is 1. The number of aromatic nitrogens is 1. The topological polar surface area (TPSA) is 65.5 Å². The van der Waals surface area contributed by atoms with Crippen LogP contribution in [0.5, 0.6) is 0 Å². The molecule has 0 bridgehead atoms. The number of carbonyl (C=O) groups is 1. The normalized spacial score (nSPS) is 12.2. The van der Waals surface area contributed by atoms with E-state index >= 15 is 0 Å². The molecule has 6 heteroatoms. The minimum atomic E-state index is -0.157. The van der Waals surface area contributed by atoms with E-state index in [1.807, 2.05) is 56.5 Å². The van der Waals surface area contributed by atoms with E-state index in [0.29, 0.717) is 13.0 Å². The molecule has 2 amide bonds. The smallest absolute Gasteiger partial charge is 0.318 e. The van der Waals surface area contributed by atoms with Gasteiger partial charge in [-0.15, -0.1) is 11.3 Å². The minimum Gasteiger partial charge on any atom is -0.396 e. The lowest BCUT2D eigenvalue weighted by Crippen LogP contribution is -2.45. The molecule has 24 heavy (non-hydrogen) atoms. The highest BCUT2D eigenvalue weighted by atomic mass is 32.1. The third-order valence-corrected chi connectivity index (χ3v) is 4.77. The first-order chi connectivity index (χ1) is 11.5. The first-order valence-corrected chi connectivity index (χ1v) is 9.09. The summed E-state index contributed by atoms with van der Waals surface area (Å²) in [5, 5.41) is 14.9. The van der Waals surface area contributed by atoms with Crippen LogP contribution in [0.3, 0.4) is 0 Å². The molecule has 5 nitrogen and oxygen atoms in total. The fraction of sp³-hybridized carbons (Fsp3) is 0.444. The summed E-state index contributed by atoms with van der Waals surface area (Å²) in [6, 6.07) is 9.81. The van der Waals surface area contributed by atoms with Gasteiger partial charge in [0.1, 0.15) is 5.01 Å². The van der Waals surface area contributed by atoms with E-state index in [0.717, 1.165) is 16.3 Å². The van der Waals surface area contributed by atoms with E-state index < -0.39 is 0 Å². The number of amides is 2. The molecule has 0 saturated carbocycles. The largest absolute Gasteiger partial charge is 0.396 e. The Kier molecular flexibility index (Phi) is 6.75. The lowest BCUT2D eigenvalue weighted by atomic mass is 10.2. The third-order valence-electron chi connectivity index (χ3n) is 3.74. The van der Waals surface area contributed by atoms with Gasteiger partial charge in [0, 0.05) is 30.1 Å². The molecule has 0 saturated heterocycles. The van der Waals surface area contributed by atoms with Gasteiger partial charge in [0.2, 0.25) is 0 Å². The van der Waals surface area contributed by atoms with Crippen molar-refractivity contribution in [2.24, 2.45) is 0 Å². The Morgan fingerprint density at radius 3 is 2.62 bits per heavy atom. The highest BCUT2D eigenvalue weighted by molar-refractivity contribution is 7.10. The van der Waals surface area contributed by atoms with Crippen molar-refractivity contribution in [3.63, 3.8) is 0 Å². The molecule has 2 rings (SSSR count). The summed E-state index contributed by atoms with van der Waals surface area (Å²) in [6.07, 6.45) is 0.579. The van der Waals surface area contributed by atoms with Crippen LogP contribution < -0.4 is 5.32 Å². The lowest BCUT2D eigenvalue weighted by Gasteiger charge is -2.28. The van der Waals surface area contributed by atoms with Crippen LogP contribution >= 0.6 is 11.3 Å². The van der Waals surface area contributed by atoms with Crippen LogP contribution in [0.25, 0.3) is 11.3 Å². The molecule has 0 radical (unpaired) electrons. The van der Waals surface area contributed by atoms with Gasteiger partial charge in [-0.05, 0) is 27.2 Å². The first-order valence-electron chi connectivity index (χ1n) is 8.21. The molecule has 130 valence electrons.